The smallest absolute Gasteiger partial charge is 0.305 e. The fourth-order valence-corrected chi connectivity index (χ4v) is 5.28. The van der Waals surface area contributed by atoms with Crippen LogP contribution in [0, 0.1) is 0 Å². The van der Waals surface area contributed by atoms with Crippen LogP contribution in [-0.4, -0.2) is 56.6 Å². The molecule has 3 rings (SSSR count). The topological polar surface area (TPSA) is 88.6 Å². The lowest BCUT2D eigenvalue weighted by Gasteiger charge is -2.21. The normalized spacial score (nSPS) is 19.2. The second-order valence-electron chi connectivity index (χ2n) is 8.08. The third-order valence-corrected chi connectivity index (χ3v) is 7.43. The lowest BCUT2D eigenvalue weighted by molar-refractivity contribution is -0.140. The van der Waals surface area contributed by atoms with Crippen LogP contribution in [0.15, 0.2) is 65.8 Å². The number of halogens is 1. The number of unbranched alkanes of at least 4 members (excludes halogenated alkanes) is 1. The number of nitrogens with one attached hydrogen (secondary N) is 1. The fourth-order valence-electron chi connectivity index (χ4n) is 3.92. The third kappa shape index (κ3) is 7.92. The van der Waals surface area contributed by atoms with Gasteiger partial charge in [0.1, 0.15) is 0 Å². The maximum atomic E-state index is 12.8. The minimum atomic E-state index is -3.64. The molecule has 0 saturated carbocycles. The fraction of sp³-hybridized carbons (Fsp3) is 0.417. The number of carbonyl (C=O) groups is 1. The number of esters is 1. The van der Waals surface area contributed by atoms with E-state index in [0.29, 0.717) is 24.4 Å². The molecule has 0 spiro atoms. The van der Waals surface area contributed by atoms with Gasteiger partial charge in [0.15, 0.2) is 0 Å². The van der Waals surface area contributed by atoms with Gasteiger partial charge in [-0.1, -0.05) is 29.8 Å². The summed E-state index contributed by atoms with van der Waals surface area (Å²) < 4.78 is 33.2. The highest BCUT2D eigenvalue weighted by Gasteiger charge is 2.33. The van der Waals surface area contributed by atoms with Crippen LogP contribution in [0.3, 0.4) is 0 Å². The zero-order valence-corrected chi connectivity index (χ0v) is 20.3. The first-order chi connectivity index (χ1) is 15.9. The summed E-state index contributed by atoms with van der Waals surface area (Å²) >= 11 is 5.89. The van der Waals surface area contributed by atoms with E-state index in [9.17, 15) is 13.2 Å². The average molecular weight is 492 g/mol. The summed E-state index contributed by atoms with van der Waals surface area (Å²) in [5.41, 5.74) is 1.14. The van der Waals surface area contributed by atoms with E-state index in [1.807, 2.05) is 18.3 Å². The molecule has 1 aliphatic heterocycles. The quantitative estimate of drug-likeness (QED) is 0.293. The van der Waals surface area contributed by atoms with Crippen molar-refractivity contribution in [2.75, 3.05) is 20.2 Å². The van der Waals surface area contributed by atoms with Gasteiger partial charge < -0.3 is 4.74 Å². The minimum Gasteiger partial charge on any atom is -0.469 e. The molecule has 7 nitrogen and oxygen atoms in total. The molecule has 33 heavy (non-hydrogen) atoms. The van der Waals surface area contributed by atoms with Gasteiger partial charge in [-0.2, -0.15) is 0 Å². The summed E-state index contributed by atoms with van der Waals surface area (Å²) in [7, 11) is -2.25. The highest BCUT2D eigenvalue weighted by atomic mass is 35.5. The van der Waals surface area contributed by atoms with E-state index < -0.39 is 10.0 Å². The lowest BCUT2D eigenvalue weighted by Crippen LogP contribution is -2.37. The number of methoxy groups -OCH3 is 1. The van der Waals surface area contributed by atoms with Crippen molar-refractivity contribution >= 4 is 27.6 Å². The van der Waals surface area contributed by atoms with Gasteiger partial charge in [0.2, 0.25) is 10.0 Å². The summed E-state index contributed by atoms with van der Waals surface area (Å²) in [6.45, 7) is 1.41. The number of nitrogens with zero attached hydrogens (tertiary/aromatic N) is 2. The minimum absolute atomic E-state index is 0.109. The SMILES string of the molecule is COC(=O)CCC/C=C\[C@@H]1C[C@@H](NS(=O)(=O)c2ccc(Cl)cc2)CN1CCc1cccnc1. The first kappa shape index (κ1) is 25.4. The Morgan fingerprint density at radius 3 is 2.79 bits per heavy atom. The summed E-state index contributed by atoms with van der Waals surface area (Å²) in [5.74, 6) is -0.209. The third-order valence-electron chi connectivity index (χ3n) is 5.64. The molecule has 0 aliphatic carbocycles. The van der Waals surface area contributed by atoms with Crippen LogP contribution in [0.5, 0.6) is 0 Å². The predicted molar refractivity (Wildman–Crippen MR) is 128 cm³/mol. The number of allylic oxidation sites excluding steroid dienone is 1. The van der Waals surface area contributed by atoms with E-state index in [1.165, 1.54) is 19.2 Å². The number of sulfonamides is 1. The Kier molecular flexibility index (Phi) is 9.43. The first-order valence-corrected chi connectivity index (χ1v) is 12.9. The Morgan fingerprint density at radius 1 is 1.30 bits per heavy atom. The van der Waals surface area contributed by atoms with Crippen LogP contribution in [0.4, 0.5) is 0 Å². The number of aromatic nitrogens is 1. The van der Waals surface area contributed by atoms with Crippen molar-refractivity contribution in [2.24, 2.45) is 0 Å². The molecule has 1 N–H and O–H groups in total. The standard InChI is InChI=1S/C24H30ClN3O4S/c1-32-24(29)8-4-2-3-7-22-16-21(18-28(22)15-13-19-6-5-14-26-17-19)27-33(30,31)23-11-9-20(25)10-12-23/h3,5-7,9-12,14,17,21-22,27H,2,4,8,13,15-16,18H2,1H3/b7-3-/t21-,22-/m1/s1. The van der Waals surface area contributed by atoms with E-state index in [2.05, 4.69) is 31.5 Å². The van der Waals surface area contributed by atoms with Crippen molar-refractivity contribution < 1.29 is 17.9 Å². The highest BCUT2D eigenvalue weighted by Crippen LogP contribution is 2.22. The number of ether oxygens (including phenoxy) is 1. The van der Waals surface area contributed by atoms with Gasteiger partial charge >= 0.3 is 5.97 Å². The van der Waals surface area contributed by atoms with Crippen LogP contribution in [0.1, 0.15) is 31.2 Å². The zero-order chi connectivity index (χ0) is 23.7. The van der Waals surface area contributed by atoms with E-state index in [-0.39, 0.29) is 22.9 Å². The molecular formula is C24H30ClN3O4S. The second-order valence-corrected chi connectivity index (χ2v) is 10.2. The molecule has 2 heterocycles. The van der Waals surface area contributed by atoms with Gasteiger partial charge in [-0.25, -0.2) is 13.1 Å². The average Bonchev–Trinajstić information content (AvgIpc) is 3.18. The highest BCUT2D eigenvalue weighted by molar-refractivity contribution is 7.89. The van der Waals surface area contributed by atoms with Gasteiger partial charge in [-0.05, 0) is 61.6 Å². The molecule has 178 valence electrons. The van der Waals surface area contributed by atoms with Crippen molar-refractivity contribution in [2.45, 2.75) is 49.1 Å². The Bertz CT molecular complexity index is 1030. The van der Waals surface area contributed by atoms with Crippen LogP contribution in [0.25, 0.3) is 0 Å². The largest absolute Gasteiger partial charge is 0.469 e. The number of benzene rings is 1. The van der Waals surface area contributed by atoms with Crippen LogP contribution in [-0.2, 0) is 26.0 Å². The maximum Gasteiger partial charge on any atom is 0.305 e. The predicted octanol–water partition coefficient (Wildman–Crippen LogP) is 3.60. The van der Waals surface area contributed by atoms with Crippen LogP contribution >= 0.6 is 11.6 Å². The number of likely N-dealkylation sites (tertiary alicyclic amines) is 1. The molecule has 2 aromatic rings. The van der Waals surface area contributed by atoms with Gasteiger partial charge in [0, 0.05) is 49.0 Å². The van der Waals surface area contributed by atoms with Crippen molar-refractivity contribution in [3.8, 4) is 0 Å². The molecule has 0 bridgehead atoms. The molecular weight excluding hydrogens is 462 g/mol. The Hall–Kier alpha value is -2.26. The van der Waals surface area contributed by atoms with Crippen LogP contribution in [0.2, 0.25) is 5.02 Å². The van der Waals surface area contributed by atoms with E-state index in [0.717, 1.165) is 31.4 Å². The molecule has 1 fully saturated rings. The molecule has 1 saturated heterocycles. The molecule has 0 amide bonds. The molecule has 0 radical (unpaired) electrons. The molecule has 1 aliphatic rings. The summed E-state index contributed by atoms with van der Waals surface area (Å²) in [5, 5.41) is 0.494. The molecule has 0 unspecified atom stereocenters. The summed E-state index contributed by atoms with van der Waals surface area (Å²) in [6.07, 6.45) is 11.2. The van der Waals surface area contributed by atoms with E-state index >= 15 is 0 Å². The van der Waals surface area contributed by atoms with E-state index in [4.69, 9.17) is 11.6 Å². The van der Waals surface area contributed by atoms with Crippen molar-refractivity contribution in [1.29, 1.82) is 0 Å². The summed E-state index contributed by atoms with van der Waals surface area (Å²) in [6, 6.07) is 10.0. The van der Waals surface area contributed by atoms with Gasteiger partial charge in [0.25, 0.3) is 0 Å². The van der Waals surface area contributed by atoms with Gasteiger partial charge in [0.05, 0.1) is 12.0 Å². The Morgan fingerprint density at radius 2 is 2.09 bits per heavy atom. The molecule has 2 atom stereocenters. The van der Waals surface area contributed by atoms with Gasteiger partial charge in [-0.3, -0.25) is 14.7 Å². The van der Waals surface area contributed by atoms with Crippen molar-refractivity contribution in [3.63, 3.8) is 0 Å². The maximum absolute atomic E-state index is 12.8. The Labute approximate surface area is 200 Å². The number of pyridine rings is 1. The van der Waals surface area contributed by atoms with Crippen molar-refractivity contribution in [1.82, 2.24) is 14.6 Å². The number of hydrogen-bond acceptors (Lipinski definition) is 6. The Balaban J connectivity index is 1.63. The lowest BCUT2D eigenvalue weighted by atomic mass is 10.1. The number of carbonyl (C=O) groups excluding carboxylic acids is 1. The molecule has 1 aromatic heterocycles. The second kappa shape index (κ2) is 12.3. The van der Waals surface area contributed by atoms with Crippen molar-refractivity contribution in [3.05, 3.63) is 71.5 Å². The molecule has 9 heteroatoms. The van der Waals surface area contributed by atoms with E-state index in [1.54, 1.807) is 18.3 Å². The number of hydrogen-bond donors (Lipinski definition) is 1. The van der Waals surface area contributed by atoms with Crippen LogP contribution < -0.4 is 4.72 Å². The number of rotatable bonds is 11. The first-order valence-electron chi connectivity index (χ1n) is 11.0. The van der Waals surface area contributed by atoms with Gasteiger partial charge in [-0.15, -0.1) is 0 Å². The molecule has 1 aromatic carbocycles. The summed E-state index contributed by atoms with van der Waals surface area (Å²) in [4.78, 5) is 17.9. The zero-order valence-electron chi connectivity index (χ0n) is 18.7. The monoisotopic (exact) mass is 491 g/mol.